The van der Waals surface area contributed by atoms with Crippen LogP contribution in [-0.2, 0) is 21.7 Å². The Balaban J connectivity index is 1.88. The highest BCUT2D eigenvalue weighted by Crippen LogP contribution is 2.40. The largest absolute Gasteiger partial charge is 0.493 e. The molecule has 4 aromatic rings. The normalized spacial score (nSPS) is 12.0. The first-order valence-electron chi connectivity index (χ1n) is 12.0. The Bertz CT molecular complexity index is 1320. The molecule has 8 heteroatoms. The second-order valence-electron chi connectivity index (χ2n) is 8.72. The molecular formula is C30H30N2O6. The summed E-state index contributed by atoms with van der Waals surface area (Å²) in [4.78, 5) is 21.6. The molecule has 1 atom stereocenters. The maximum atomic E-state index is 13.0. The summed E-state index contributed by atoms with van der Waals surface area (Å²) in [6, 6.07) is 25.5. The van der Waals surface area contributed by atoms with E-state index in [2.05, 4.69) is 9.97 Å². The van der Waals surface area contributed by atoms with Crippen LogP contribution in [0.25, 0.3) is 0 Å². The van der Waals surface area contributed by atoms with Crippen molar-refractivity contribution < 1.29 is 28.8 Å². The summed E-state index contributed by atoms with van der Waals surface area (Å²) in [7, 11) is 3.12. The summed E-state index contributed by atoms with van der Waals surface area (Å²) in [5.41, 5.74) is 1.71. The van der Waals surface area contributed by atoms with E-state index in [1.54, 1.807) is 46.3 Å². The Labute approximate surface area is 221 Å². The van der Waals surface area contributed by atoms with Crippen molar-refractivity contribution in [2.45, 2.75) is 32.2 Å². The van der Waals surface area contributed by atoms with Crippen LogP contribution in [0, 0.1) is 13.8 Å². The van der Waals surface area contributed by atoms with Gasteiger partial charge >= 0.3 is 12.0 Å². The van der Waals surface area contributed by atoms with E-state index in [1.165, 1.54) is 0 Å². The number of hydrogen-bond acceptors (Lipinski definition) is 7. The fourth-order valence-electron chi connectivity index (χ4n) is 4.41. The second kappa shape index (κ2) is 11.7. The summed E-state index contributed by atoms with van der Waals surface area (Å²) in [6.07, 6.45) is -1.53. The highest BCUT2D eigenvalue weighted by atomic mass is 16.6. The molecule has 0 amide bonds. The van der Waals surface area contributed by atoms with E-state index in [0.29, 0.717) is 34.0 Å². The molecule has 1 unspecified atom stereocenters. The minimum Gasteiger partial charge on any atom is -0.493 e. The van der Waals surface area contributed by atoms with Crippen molar-refractivity contribution in [3.05, 3.63) is 113 Å². The molecule has 3 aromatic carbocycles. The number of benzene rings is 3. The summed E-state index contributed by atoms with van der Waals surface area (Å²) in [6.45, 7) is 3.64. The number of carboxylic acids is 1. The van der Waals surface area contributed by atoms with Gasteiger partial charge in [0.15, 0.2) is 17.1 Å². The van der Waals surface area contributed by atoms with Crippen LogP contribution in [0.3, 0.4) is 0 Å². The van der Waals surface area contributed by atoms with Crippen LogP contribution in [0.5, 0.6) is 17.5 Å². The zero-order valence-electron chi connectivity index (χ0n) is 21.8. The van der Waals surface area contributed by atoms with E-state index in [-0.39, 0.29) is 12.6 Å². The lowest BCUT2D eigenvalue weighted by molar-refractivity contribution is -0.166. The van der Waals surface area contributed by atoms with Crippen molar-refractivity contribution in [2.75, 3.05) is 14.2 Å². The van der Waals surface area contributed by atoms with Gasteiger partial charge in [0.2, 0.25) is 6.10 Å². The van der Waals surface area contributed by atoms with Crippen molar-refractivity contribution in [1.82, 2.24) is 9.97 Å². The van der Waals surface area contributed by atoms with E-state index in [9.17, 15) is 9.90 Å². The molecule has 0 aliphatic rings. The molecule has 0 aliphatic heterocycles. The van der Waals surface area contributed by atoms with Crippen LogP contribution >= 0.6 is 0 Å². The topological polar surface area (TPSA) is 100 Å². The van der Waals surface area contributed by atoms with Crippen molar-refractivity contribution in [3.63, 3.8) is 0 Å². The third-order valence-corrected chi connectivity index (χ3v) is 6.10. The van der Waals surface area contributed by atoms with E-state index >= 15 is 0 Å². The van der Waals surface area contributed by atoms with Gasteiger partial charge < -0.3 is 24.1 Å². The monoisotopic (exact) mass is 514 g/mol. The Kier molecular flexibility index (Phi) is 8.23. The molecule has 0 bridgehead atoms. The molecule has 0 radical (unpaired) electrons. The zero-order valence-corrected chi connectivity index (χ0v) is 21.8. The van der Waals surface area contributed by atoms with Crippen LogP contribution in [-0.4, -0.2) is 41.4 Å². The summed E-state index contributed by atoms with van der Waals surface area (Å²) in [5, 5.41) is 10.6. The molecule has 38 heavy (non-hydrogen) atoms. The lowest BCUT2D eigenvalue weighted by Gasteiger charge is -2.39. The smallest absolute Gasteiger partial charge is 0.348 e. The number of aryl methyl sites for hydroxylation is 2. The van der Waals surface area contributed by atoms with Crippen LogP contribution in [0.4, 0.5) is 0 Å². The van der Waals surface area contributed by atoms with Gasteiger partial charge in [-0.2, -0.15) is 0 Å². The first-order chi connectivity index (χ1) is 18.4. The molecule has 0 saturated heterocycles. The maximum Gasteiger partial charge on any atom is 0.348 e. The van der Waals surface area contributed by atoms with Gasteiger partial charge in [-0.25, -0.2) is 14.8 Å². The van der Waals surface area contributed by atoms with Crippen molar-refractivity contribution in [2.24, 2.45) is 0 Å². The molecule has 0 aliphatic carbocycles. The predicted molar refractivity (Wildman–Crippen MR) is 142 cm³/mol. The highest BCUT2D eigenvalue weighted by Gasteiger charge is 2.50. The number of carboxylic acid groups (broad SMARTS) is 1. The molecule has 4 rings (SSSR count). The third kappa shape index (κ3) is 5.60. The van der Waals surface area contributed by atoms with Gasteiger partial charge in [0, 0.05) is 11.4 Å². The molecule has 196 valence electrons. The van der Waals surface area contributed by atoms with Crippen LogP contribution < -0.4 is 14.2 Å². The van der Waals surface area contributed by atoms with E-state index in [0.717, 1.165) is 5.56 Å². The zero-order chi connectivity index (χ0) is 27.1. The Morgan fingerprint density at radius 2 is 1.37 bits per heavy atom. The average molecular weight is 515 g/mol. The lowest BCUT2D eigenvalue weighted by atomic mass is 9.81. The molecule has 8 nitrogen and oxygen atoms in total. The molecule has 1 N–H and O–H groups in total. The van der Waals surface area contributed by atoms with E-state index < -0.39 is 17.7 Å². The first kappa shape index (κ1) is 26.6. The fraction of sp³-hybridized carbons (Fsp3) is 0.233. The van der Waals surface area contributed by atoms with Gasteiger partial charge in [-0.3, -0.25) is 0 Å². The Morgan fingerprint density at radius 3 is 1.87 bits per heavy atom. The summed E-state index contributed by atoms with van der Waals surface area (Å²) in [5.74, 6) is -0.117. The Morgan fingerprint density at radius 1 is 0.816 bits per heavy atom. The molecular weight excluding hydrogens is 484 g/mol. The minimum atomic E-state index is -1.57. The number of aliphatic carboxylic acids is 1. The molecule has 0 saturated carbocycles. The SMILES string of the molecule is COc1ccc(COC(c2ccccc2)(c2ccccc2)C(Oc2nc(C)cc(C)n2)C(=O)O)cc1OC. The van der Waals surface area contributed by atoms with Crippen LogP contribution in [0.1, 0.15) is 28.1 Å². The Hall–Kier alpha value is -4.43. The predicted octanol–water partition coefficient (Wildman–Crippen LogP) is 5.10. The van der Waals surface area contributed by atoms with Gasteiger partial charge in [-0.15, -0.1) is 0 Å². The molecule has 1 aromatic heterocycles. The lowest BCUT2D eigenvalue weighted by Crippen LogP contribution is -2.51. The average Bonchev–Trinajstić information content (AvgIpc) is 2.93. The highest BCUT2D eigenvalue weighted by molar-refractivity contribution is 5.76. The van der Waals surface area contributed by atoms with Crippen molar-refractivity contribution in [3.8, 4) is 17.5 Å². The quantitative estimate of drug-likeness (QED) is 0.295. The second-order valence-corrected chi connectivity index (χ2v) is 8.72. The third-order valence-electron chi connectivity index (χ3n) is 6.10. The minimum absolute atomic E-state index is 0.0409. The number of rotatable bonds is 11. The van der Waals surface area contributed by atoms with Gasteiger partial charge in [-0.05, 0) is 48.7 Å². The van der Waals surface area contributed by atoms with Gasteiger partial charge in [-0.1, -0.05) is 66.7 Å². The number of aromatic nitrogens is 2. The van der Waals surface area contributed by atoms with Crippen LogP contribution in [0.15, 0.2) is 84.9 Å². The number of ether oxygens (including phenoxy) is 4. The molecule has 1 heterocycles. The van der Waals surface area contributed by atoms with Gasteiger partial charge in [0.05, 0.1) is 20.8 Å². The maximum absolute atomic E-state index is 13.0. The van der Waals surface area contributed by atoms with Gasteiger partial charge in [0.25, 0.3) is 0 Å². The summed E-state index contributed by atoms with van der Waals surface area (Å²) < 4.78 is 23.6. The van der Waals surface area contributed by atoms with Gasteiger partial charge in [0.1, 0.15) is 0 Å². The number of hydrogen-bond donors (Lipinski definition) is 1. The number of carbonyl (C=O) groups is 1. The first-order valence-corrected chi connectivity index (χ1v) is 12.0. The molecule has 0 fully saturated rings. The van der Waals surface area contributed by atoms with Crippen molar-refractivity contribution >= 4 is 5.97 Å². The number of nitrogens with zero attached hydrogens (tertiary/aromatic N) is 2. The summed E-state index contributed by atoms with van der Waals surface area (Å²) >= 11 is 0. The van der Waals surface area contributed by atoms with E-state index in [4.69, 9.17) is 18.9 Å². The fourth-order valence-corrected chi connectivity index (χ4v) is 4.41. The van der Waals surface area contributed by atoms with Crippen LogP contribution in [0.2, 0.25) is 0 Å². The van der Waals surface area contributed by atoms with E-state index in [1.807, 2.05) is 66.7 Å². The van der Waals surface area contributed by atoms with Crippen molar-refractivity contribution in [1.29, 1.82) is 0 Å². The number of methoxy groups -OCH3 is 2. The molecule has 0 spiro atoms. The standard InChI is InChI=1S/C30H30N2O6/c1-20-17-21(2)32-29(31-20)38-27(28(33)34)30(23-11-7-5-8-12-23,24-13-9-6-10-14-24)37-19-22-15-16-25(35-3)26(18-22)36-4/h5-18,27H,19H2,1-4H3,(H,33,34).